The second-order valence-electron chi connectivity index (χ2n) is 8.55. The molecule has 1 fully saturated rings. The zero-order valence-corrected chi connectivity index (χ0v) is 18.9. The predicted octanol–water partition coefficient (Wildman–Crippen LogP) is 1.93. The fraction of sp³-hybridized carbons (Fsp3) is 0.478. The summed E-state index contributed by atoms with van der Waals surface area (Å²) in [6.45, 7) is 5.71. The van der Waals surface area contributed by atoms with E-state index in [-0.39, 0.29) is 30.2 Å². The number of aryl methyl sites for hydroxylation is 1. The van der Waals surface area contributed by atoms with Gasteiger partial charge in [0.1, 0.15) is 17.7 Å². The average molecular weight is 455 g/mol. The van der Waals surface area contributed by atoms with E-state index in [1.807, 2.05) is 18.4 Å². The van der Waals surface area contributed by atoms with Crippen LogP contribution in [-0.4, -0.2) is 75.3 Å². The molecule has 2 aliphatic rings. The first kappa shape index (κ1) is 21.7. The summed E-state index contributed by atoms with van der Waals surface area (Å²) in [5, 5.41) is 3.24. The lowest BCUT2D eigenvalue weighted by Crippen LogP contribution is -2.45. The number of carbonyl (C=O) groups is 1. The molecule has 4 bridgehead atoms. The fourth-order valence-electron chi connectivity index (χ4n) is 4.71. The van der Waals surface area contributed by atoms with Gasteiger partial charge in [-0.2, -0.15) is 4.98 Å². The smallest absolute Gasteiger partial charge is 0.317 e. The van der Waals surface area contributed by atoms with Gasteiger partial charge in [0.2, 0.25) is 5.91 Å². The van der Waals surface area contributed by atoms with Gasteiger partial charge in [-0.05, 0) is 26.0 Å². The highest BCUT2D eigenvalue weighted by atomic mass is 19.1. The molecular formula is C23H27FN6O3. The summed E-state index contributed by atoms with van der Waals surface area (Å²) in [5.74, 6) is 0.326. The van der Waals surface area contributed by atoms with E-state index in [2.05, 4.69) is 20.3 Å². The Hall–Kier alpha value is -3.11. The number of rotatable bonds is 2. The molecule has 5 rings (SSSR count). The largest absolute Gasteiger partial charge is 0.459 e. The zero-order chi connectivity index (χ0) is 23.1. The van der Waals surface area contributed by atoms with Gasteiger partial charge in [-0.3, -0.25) is 4.79 Å². The number of ether oxygens (including phenoxy) is 2. The lowest BCUT2D eigenvalue weighted by molar-refractivity contribution is -0.133. The summed E-state index contributed by atoms with van der Waals surface area (Å²) in [6, 6.07) is 4.47. The molecule has 0 spiro atoms. The minimum atomic E-state index is -0.393. The number of imidazole rings is 1. The number of fused-ring (bicyclic) bond motifs is 5. The van der Waals surface area contributed by atoms with Crippen LogP contribution in [-0.2, 0) is 16.1 Å². The van der Waals surface area contributed by atoms with Gasteiger partial charge >= 0.3 is 6.01 Å². The molecule has 174 valence electrons. The van der Waals surface area contributed by atoms with Gasteiger partial charge in [-0.15, -0.1) is 0 Å². The number of amides is 1. The second-order valence-corrected chi connectivity index (χ2v) is 8.55. The van der Waals surface area contributed by atoms with Gasteiger partial charge in [0.25, 0.3) is 0 Å². The molecule has 2 aromatic heterocycles. The number of halogens is 1. The molecule has 33 heavy (non-hydrogen) atoms. The van der Waals surface area contributed by atoms with E-state index in [1.54, 1.807) is 24.2 Å². The Bertz CT molecular complexity index is 1200. The monoisotopic (exact) mass is 454 g/mol. The van der Waals surface area contributed by atoms with Crippen LogP contribution in [0.15, 0.2) is 24.4 Å². The maximum absolute atomic E-state index is 14.6. The number of hydrogen-bond donors (Lipinski definition) is 1. The standard InChI is InChI=1S/C23H27FN6O3/c1-4-32-16-11-29(3)22(31)20-9-15(10-26-20)33-23-25-6-5-18(28-23)17-7-14(24)8-19-21(17)30(12-16)13(2)27-19/h5-8,15-16,20,26H,4,9-12H2,1-3H3/t15-,16-,20-/m0/s1. The molecule has 10 heteroatoms. The Labute approximate surface area is 190 Å². The maximum atomic E-state index is 14.6. The van der Waals surface area contributed by atoms with Crippen molar-refractivity contribution in [3.05, 3.63) is 36.0 Å². The Morgan fingerprint density at radius 2 is 2.15 bits per heavy atom. The third kappa shape index (κ3) is 4.16. The molecule has 4 heterocycles. The number of hydrogen-bond acceptors (Lipinski definition) is 7. The Morgan fingerprint density at radius 3 is 2.97 bits per heavy atom. The van der Waals surface area contributed by atoms with Crippen LogP contribution in [0, 0.1) is 12.7 Å². The first-order valence-electron chi connectivity index (χ1n) is 11.2. The van der Waals surface area contributed by atoms with Gasteiger partial charge in [0, 0.05) is 51.0 Å². The average Bonchev–Trinajstić information content (AvgIpc) is 3.36. The van der Waals surface area contributed by atoms with Crippen molar-refractivity contribution in [3.63, 3.8) is 0 Å². The van der Waals surface area contributed by atoms with Crippen LogP contribution in [0.2, 0.25) is 0 Å². The second kappa shape index (κ2) is 8.68. The van der Waals surface area contributed by atoms with Gasteiger partial charge < -0.3 is 24.3 Å². The molecule has 0 unspecified atom stereocenters. The van der Waals surface area contributed by atoms with E-state index in [0.717, 1.165) is 11.3 Å². The van der Waals surface area contributed by atoms with Crippen LogP contribution in [0.5, 0.6) is 6.01 Å². The highest BCUT2D eigenvalue weighted by Gasteiger charge is 2.34. The number of aromatic nitrogens is 4. The highest BCUT2D eigenvalue weighted by Crippen LogP contribution is 2.31. The summed E-state index contributed by atoms with van der Waals surface area (Å²) >= 11 is 0. The van der Waals surface area contributed by atoms with E-state index >= 15 is 0 Å². The highest BCUT2D eigenvalue weighted by molar-refractivity contribution is 5.92. The molecular weight excluding hydrogens is 427 g/mol. The van der Waals surface area contributed by atoms with Crippen LogP contribution < -0.4 is 10.1 Å². The van der Waals surface area contributed by atoms with Crippen molar-refractivity contribution in [1.29, 1.82) is 0 Å². The van der Waals surface area contributed by atoms with E-state index in [4.69, 9.17) is 9.47 Å². The summed E-state index contributed by atoms with van der Waals surface area (Å²) in [6.07, 6.45) is 1.61. The molecule has 9 nitrogen and oxygen atoms in total. The van der Waals surface area contributed by atoms with Gasteiger partial charge in [-0.1, -0.05) is 0 Å². The molecule has 1 saturated heterocycles. The van der Waals surface area contributed by atoms with Gasteiger partial charge in [0.05, 0.1) is 35.4 Å². The third-order valence-electron chi connectivity index (χ3n) is 6.21. The normalized spacial score (nSPS) is 23.3. The minimum Gasteiger partial charge on any atom is -0.459 e. The van der Waals surface area contributed by atoms with Crippen molar-refractivity contribution in [1.82, 2.24) is 29.7 Å². The van der Waals surface area contributed by atoms with Crippen LogP contribution in [0.25, 0.3) is 22.3 Å². The van der Waals surface area contributed by atoms with Crippen molar-refractivity contribution in [2.75, 3.05) is 26.7 Å². The number of likely N-dealkylation sites (N-methyl/N-ethyl adjacent to an activating group) is 1. The van der Waals surface area contributed by atoms with E-state index in [1.165, 1.54) is 12.1 Å². The van der Waals surface area contributed by atoms with Crippen LogP contribution >= 0.6 is 0 Å². The Balaban J connectivity index is 1.67. The molecule has 3 atom stereocenters. The third-order valence-corrected chi connectivity index (χ3v) is 6.21. The SMILES string of the molecule is CCO[C@H]1CN(C)C(=O)[C@@H]2C[C@@H](CN2)Oc2nccc(n2)-c2cc(F)cc3nc(C)n(c23)C1. The first-order chi connectivity index (χ1) is 15.9. The summed E-state index contributed by atoms with van der Waals surface area (Å²) in [5.41, 5.74) is 2.45. The lowest BCUT2D eigenvalue weighted by atomic mass is 10.1. The lowest BCUT2D eigenvalue weighted by Gasteiger charge is -2.27. The predicted molar refractivity (Wildman–Crippen MR) is 119 cm³/mol. The quantitative estimate of drug-likeness (QED) is 0.632. The summed E-state index contributed by atoms with van der Waals surface area (Å²) in [4.78, 5) is 28.2. The van der Waals surface area contributed by atoms with E-state index in [0.29, 0.717) is 49.4 Å². The topological polar surface area (TPSA) is 94.4 Å². The van der Waals surface area contributed by atoms with Crippen molar-refractivity contribution in [2.24, 2.45) is 0 Å². The van der Waals surface area contributed by atoms with Crippen molar-refractivity contribution < 1.29 is 18.7 Å². The van der Waals surface area contributed by atoms with Crippen molar-refractivity contribution >= 4 is 16.9 Å². The maximum Gasteiger partial charge on any atom is 0.317 e. The van der Waals surface area contributed by atoms with E-state index < -0.39 is 5.82 Å². The number of carbonyl (C=O) groups excluding carboxylic acids is 1. The molecule has 1 aromatic carbocycles. The summed E-state index contributed by atoms with van der Waals surface area (Å²) in [7, 11) is 1.79. The van der Waals surface area contributed by atoms with Crippen LogP contribution in [0.4, 0.5) is 4.39 Å². The molecule has 2 aliphatic heterocycles. The molecule has 0 saturated carbocycles. The molecule has 0 aliphatic carbocycles. The molecule has 0 radical (unpaired) electrons. The van der Waals surface area contributed by atoms with Crippen molar-refractivity contribution in [3.8, 4) is 17.3 Å². The van der Waals surface area contributed by atoms with Crippen LogP contribution in [0.3, 0.4) is 0 Å². The van der Waals surface area contributed by atoms with Crippen LogP contribution in [0.1, 0.15) is 19.2 Å². The Morgan fingerprint density at radius 1 is 1.30 bits per heavy atom. The first-order valence-corrected chi connectivity index (χ1v) is 11.2. The molecule has 3 aromatic rings. The van der Waals surface area contributed by atoms with E-state index in [9.17, 15) is 9.18 Å². The molecule has 1 amide bonds. The number of nitrogens with zero attached hydrogens (tertiary/aromatic N) is 5. The number of benzene rings is 1. The minimum absolute atomic E-state index is 0.00897. The van der Waals surface area contributed by atoms with Gasteiger partial charge in [-0.25, -0.2) is 14.4 Å². The van der Waals surface area contributed by atoms with Gasteiger partial charge in [0.15, 0.2) is 0 Å². The van der Waals surface area contributed by atoms with Crippen molar-refractivity contribution in [2.45, 2.75) is 45.1 Å². The molecule has 1 N–H and O–H groups in total. The number of nitrogens with one attached hydrogen (secondary N) is 1. The Kier molecular flexibility index (Phi) is 5.71. The summed E-state index contributed by atoms with van der Waals surface area (Å²) < 4.78 is 28.6. The zero-order valence-electron chi connectivity index (χ0n) is 18.9. The fourth-order valence-corrected chi connectivity index (χ4v) is 4.71.